The van der Waals surface area contributed by atoms with Gasteiger partial charge in [-0.3, -0.25) is 4.79 Å². The topological polar surface area (TPSA) is 37.3 Å². The average Bonchev–Trinajstić information content (AvgIpc) is 2.36. The molecule has 2 fully saturated rings. The molecule has 1 N–H and O–H groups in total. The van der Waals surface area contributed by atoms with Gasteiger partial charge in [-0.25, -0.2) is 0 Å². The highest BCUT2D eigenvalue weighted by molar-refractivity contribution is 5.91. The Hall–Kier alpha value is -0.630. The third-order valence-corrected chi connectivity index (χ3v) is 5.89. The molecular formula is C17H26O2. The van der Waals surface area contributed by atoms with Crippen molar-refractivity contribution in [2.24, 2.45) is 23.7 Å². The second kappa shape index (κ2) is 4.73. The van der Waals surface area contributed by atoms with Crippen LogP contribution in [0.15, 0.2) is 11.6 Å². The van der Waals surface area contributed by atoms with Gasteiger partial charge in [0.25, 0.3) is 0 Å². The van der Waals surface area contributed by atoms with Crippen molar-refractivity contribution in [3.8, 4) is 0 Å². The molecule has 0 aromatic rings. The third-order valence-electron chi connectivity index (χ3n) is 5.89. The molecule has 19 heavy (non-hydrogen) atoms. The molecule has 2 nitrogen and oxygen atoms in total. The van der Waals surface area contributed by atoms with Crippen LogP contribution in [0.1, 0.15) is 58.8 Å². The lowest BCUT2D eigenvalue weighted by atomic mass is 9.58. The van der Waals surface area contributed by atoms with Crippen molar-refractivity contribution >= 4 is 5.78 Å². The monoisotopic (exact) mass is 262 g/mol. The lowest BCUT2D eigenvalue weighted by molar-refractivity contribution is -0.115. The van der Waals surface area contributed by atoms with Crippen molar-refractivity contribution in [2.75, 3.05) is 0 Å². The summed E-state index contributed by atoms with van der Waals surface area (Å²) in [6.45, 7) is 3.93. The number of hydrogen-bond donors (Lipinski definition) is 1. The molecule has 4 unspecified atom stereocenters. The highest BCUT2D eigenvalue weighted by Gasteiger charge is 2.43. The Balaban J connectivity index is 1.74. The molecule has 3 aliphatic rings. The van der Waals surface area contributed by atoms with Gasteiger partial charge in [-0.15, -0.1) is 0 Å². The van der Waals surface area contributed by atoms with Gasteiger partial charge in [0, 0.05) is 6.42 Å². The zero-order valence-electron chi connectivity index (χ0n) is 12.2. The summed E-state index contributed by atoms with van der Waals surface area (Å²) in [5.74, 6) is 3.05. The Morgan fingerprint density at radius 2 is 1.95 bits per heavy atom. The molecule has 3 aliphatic carbocycles. The van der Waals surface area contributed by atoms with Gasteiger partial charge >= 0.3 is 0 Å². The first-order valence-electron chi connectivity index (χ1n) is 7.91. The summed E-state index contributed by atoms with van der Waals surface area (Å²) in [6.07, 6.45) is 9.73. The van der Waals surface area contributed by atoms with Gasteiger partial charge in [-0.1, -0.05) is 5.57 Å². The SMILES string of the molecule is CC(C)(O)C1CCC2C(CCC3=CC(=O)CCC32)C1. The van der Waals surface area contributed by atoms with Crippen LogP contribution in [-0.2, 0) is 4.79 Å². The minimum absolute atomic E-state index is 0.342. The van der Waals surface area contributed by atoms with Gasteiger partial charge in [0.05, 0.1) is 5.60 Å². The van der Waals surface area contributed by atoms with E-state index in [0.717, 1.165) is 37.5 Å². The Labute approximate surface area is 116 Å². The maximum absolute atomic E-state index is 11.6. The molecular weight excluding hydrogens is 236 g/mol. The second-order valence-electron chi connectivity index (χ2n) is 7.46. The minimum Gasteiger partial charge on any atom is -0.390 e. The van der Waals surface area contributed by atoms with E-state index in [2.05, 4.69) is 0 Å². The molecule has 0 radical (unpaired) electrons. The van der Waals surface area contributed by atoms with Crippen molar-refractivity contribution < 1.29 is 9.90 Å². The summed E-state index contributed by atoms with van der Waals surface area (Å²) in [5.41, 5.74) is 0.920. The zero-order valence-corrected chi connectivity index (χ0v) is 12.2. The Morgan fingerprint density at radius 3 is 2.68 bits per heavy atom. The van der Waals surface area contributed by atoms with Crippen LogP contribution in [0.25, 0.3) is 0 Å². The van der Waals surface area contributed by atoms with Gasteiger partial charge in [0.1, 0.15) is 0 Å². The molecule has 4 atom stereocenters. The molecule has 0 aromatic heterocycles. The number of hydrogen-bond acceptors (Lipinski definition) is 2. The van der Waals surface area contributed by atoms with Crippen LogP contribution in [-0.4, -0.2) is 16.5 Å². The van der Waals surface area contributed by atoms with E-state index in [9.17, 15) is 9.90 Å². The highest BCUT2D eigenvalue weighted by atomic mass is 16.3. The number of carbonyl (C=O) groups excluding carboxylic acids is 1. The highest BCUT2D eigenvalue weighted by Crippen LogP contribution is 2.51. The number of fused-ring (bicyclic) bond motifs is 3. The van der Waals surface area contributed by atoms with Crippen molar-refractivity contribution in [3.63, 3.8) is 0 Å². The lowest BCUT2D eigenvalue weighted by Crippen LogP contribution is -2.42. The Bertz CT molecular complexity index is 402. The van der Waals surface area contributed by atoms with Crippen LogP contribution >= 0.6 is 0 Å². The zero-order chi connectivity index (χ0) is 13.6. The van der Waals surface area contributed by atoms with Crippen molar-refractivity contribution in [2.45, 2.75) is 64.4 Å². The van der Waals surface area contributed by atoms with Crippen LogP contribution in [0.2, 0.25) is 0 Å². The fourth-order valence-electron chi connectivity index (χ4n) is 4.76. The quantitative estimate of drug-likeness (QED) is 0.785. The van der Waals surface area contributed by atoms with E-state index in [1.54, 1.807) is 0 Å². The number of carbonyl (C=O) groups is 1. The van der Waals surface area contributed by atoms with Gasteiger partial charge in [-0.05, 0) is 82.1 Å². The first-order chi connectivity index (χ1) is 8.95. The fraction of sp³-hybridized carbons (Fsp3) is 0.824. The standard InChI is InChI=1S/C17H26O2/c1-17(2,19)13-5-7-15-11(9-13)3-4-12-10-14(18)6-8-16(12)15/h10-11,13,15-16,19H,3-9H2,1-2H3. The first-order valence-corrected chi connectivity index (χ1v) is 7.91. The van der Waals surface area contributed by atoms with Crippen molar-refractivity contribution in [3.05, 3.63) is 11.6 Å². The summed E-state index contributed by atoms with van der Waals surface area (Å²) in [6, 6.07) is 0. The Morgan fingerprint density at radius 1 is 1.16 bits per heavy atom. The van der Waals surface area contributed by atoms with Crippen LogP contribution in [0.4, 0.5) is 0 Å². The molecule has 0 aromatic carbocycles. The average molecular weight is 262 g/mol. The van der Waals surface area contributed by atoms with Crippen LogP contribution in [0.3, 0.4) is 0 Å². The van der Waals surface area contributed by atoms with E-state index in [-0.39, 0.29) is 0 Å². The first kappa shape index (κ1) is 13.4. The smallest absolute Gasteiger partial charge is 0.155 e. The third kappa shape index (κ3) is 2.52. The normalized spacial score (nSPS) is 39.3. The van der Waals surface area contributed by atoms with Crippen LogP contribution in [0.5, 0.6) is 0 Å². The number of ketones is 1. The van der Waals surface area contributed by atoms with Gasteiger partial charge < -0.3 is 5.11 Å². The van der Waals surface area contributed by atoms with E-state index in [4.69, 9.17) is 0 Å². The van der Waals surface area contributed by atoms with Crippen molar-refractivity contribution in [1.82, 2.24) is 0 Å². The molecule has 106 valence electrons. The van der Waals surface area contributed by atoms with E-state index < -0.39 is 5.60 Å². The summed E-state index contributed by atoms with van der Waals surface area (Å²) in [7, 11) is 0. The molecule has 3 rings (SSSR count). The minimum atomic E-state index is -0.524. The Kier molecular flexibility index (Phi) is 3.33. The summed E-state index contributed by atoms with van der Waals surface area (Å²) < 4.78 is 0. The maximum atomic E-state index is 11.6. The predicted molar refractivity (Wildman–Crippen MR) is 75.7 cm³/mol. The number of rotatable bonds is 1. The number of aliphatic hydroxyl groups is 1. The summed E-state index contributed by atoms with van der Waals surface area (Å²) in [5, 5.41) is 10.2. The van der Waals surface area contributed by atoms with Crippen molar-refractivity contribution in [1.29, 1.82) is 0 Å². The van der Waals surface area contributed by atoms with E-state index in [1.807, 2.05) is 19.9 Å². The van der Waals surface area contributed by atoms with E-state index in [0.29, 0.717) is 17.6 Å². The summed E-state index contributed by atoms with van der Waals surface area (Å²) in [4.78, 5) is 11.6. The molecule has 2 saturated carbocycles. The largest absolute Gasteiger partial charge is 0.390 e. The van der Waals surface area contributed by atoms with E-state index >= 15 is 0 Å². The van der Waals surface area contributed by atoms with Gasteiger partial charge in [-0.2, -0.15) is 0 Å². The van der Waals surface area contributed by atoms with Crippen LogP contribution < -0.4 is 0 Å². The molecule has 2 heteroatoms. The molecule has 0 amide bonds. The number of allylic oxidation sites excluding steroid dienone is 2. The molecule has 0 saturated heterocycles. The maximum Gasteiger partial charge on any atom is 0.155 e. The molecule has 0 aliphatic heterocycles. The molecule has 0 bridgehead atoms. The van der Waals surface area contributed by atoms with E-state index in [1.165, 1.54) is 24.8 Å². The summed E-state index contributed by atoms with van der Waals surface area (Å²) >= 11 is 0. The molecule has 0 spiro atoms. The fourth-order valence-corrected chi connectivity index (χ4v) is 4.76. The predicted octanol–water partition coefficient (Wildman–Crippen LogP) is 3.49. The van der Waals surface area contributed by atoms with Gasteiger partial charge in [0.2, 0.25) is 0 Å². The van der Waals surface area contributed by atoms with Crippen LogP contribution in [0, 0.1) is 23.7 Å². The molecule has 0 heterocycles. The van der Waals surface area contributed by atoms with Gasteiger partial charge in [0.15, 0.2) is 5.78 Å². The second-order valence-corrected chi connectivity index (χ2v) is 7.46. The lowest BCUT2D eigenvalue weighted by Gasteiger charge is -2.48.